The Morgan fingerprint density at radius 3 is 2.74 bits per heavy atom. The van der Waals surface area contributed by atoms with Gasteiger partial charge in [0.05, 0.1) is 19.4 Å². The summed E-state index contributed by atoms with van der Waals surface area (Å²) in [5, 5.41) is 5.96. The molecular formula is C20H29IN4O2. The molecule has 0 saturated heterocycles. The molecule has 0 atom stereocenters. The highest BCUT2D eigenvalue weighted by molar-refractivity contribution is 14.0. The predicted molar refractivity (Wildman–Crippen MR) is 119 cm³/mol. The number of hydrogen-bond acceptors (Lipinski definition) is 3. The molecule has 1 aromatic heterocycles. The van der Waals surface area contributed by atoms with Crippen molar-refractivity contribution in [2.75, 3.05) is 6.54 Å². The molecule has 0 fully saturated rings. The normalized spacial score (nSPS) is 10.9. The Labute approximate surface area is 178 Å². The average Bonchev–Trinajstić information content (AvgIpc) is 3.18. The first-order chi connectivity index (χ1) is 12.7. The maximum absolute atomic E-state index is 12.2. The molecule has 27 heavy (non-hydrogen) atoms. The lowest BCUT2D eigenvalue weighted by Crippen LogP contribution is -2.32. The number of aliphatic imine (C=N–C) groups is 1. The van der Waals surface area contributed by atoms with E-state index < -0.39 is 0 Å². The van der Waals surface area contributed by atoms with Gasteiger partial charge in [0.1, 0.15) is 5.76 Å². The van der Waals surface area contributed by atoms with Crippen LogP contribution < -0.4 is 16.4 Å². The minimum Gasteiger partial charge on any atom is -0.467 e. The number of benzene rings is 1. The summed E-state index contributed by atoms with van der Waals surface area (Å²) in [5.74, 6) is 1.01. The standard InChI is InChI=1S/C20H28N4O2.HI/c1-2-3-4-5-11-22-20(21)24-14-16-8-6-9-17(13-16)19(25)23-15-18-10-7-12-26-18;/h6-10,12-13H,2-5,11,14-15H2,1H3,(H,23,25)(H3,21,22,24);1H. The molecule has 1 amide bonds. The summed E-state index contributed by atoms with van der Waals surface area (Å²) in [6.45, 7) is 3.83. The second kappa shape index (κ2) is 13.2. The van der Waals surface area contributed by atoms with Crippen LogP contribution in [0, 0.1) is 0 Å². The fourth-order valence-electron chi connectivity index (χ4n) is 2.49. The summed E-state index contributed by atoms with van der Waals surface area (Å²) >= 11 is 0. The van der Waals surface area contributed by atoms with Crippen LogP contribution in [0.3, 0.4) is 0 Å². The van der Waals surface area contributed by atoms with Crippen LogP contribution in [-0.2, 0) is 13.1 Å². The minimum absolute atomic E-state index is 0. The van der Waals surface area contributed by atoms with E-state index in [9.17, 15) is 4.79 Å². The van der Waals surface area contributed by atoms with E-state index in [-0.39, 0.29) is 29.9 Å². The van der Waals surface area contributed by atoms with Gasteiger partial charge < -0.3 is 20.8 Å². The third-order valence-corrected chi connectivity index (χ3v) is 3.96. The summed E-state index contributed by atoms with van der Waals surface area (Å²) in [4.78, 5) is 16.6. The summed E-state index contributed by atoms with van der Waals surface area (Å²) in [6, 6.07) is 11.0. The Bertz CT molecular complexity index is 702. The number of nitrogens with zero attached hydrogens (tertiary/aromatic N) is 1. The molecule has 2 aromatic rings. The Balaban J connectivity index is 0.00000364. The smallest absolute Gasteiger partial charge is 0.251 e. The minimum atomic E-state index is -0.144. The molecule has 2 rings (SSSR count). The molecule has 6 nitrogen and oxygen atoms in total. The number of furan rings is 1. The van der Waals surface area contributed by atoms with Crippen molar-refractivity contribution in [3.8, 4) is 0 Å². The number of halogens is 1. The van der Waals surface area contributed by atoms with Crippen molar-refractivity contribution in [1.82, 2.24) is 10.6 Å². The van der Waals surface area contributed by atoms with Gasteiger partial charge in [-0.15, -0.1) is 24.0 Å². The Hall–Kier alpha value is -2.03. The van der Waals surface area contributed by atoms with Gasteiger partial charge in [-0.05, 0) is 36.2 Å². The molecule has 1 aromatic carbocycles. The Kier molecular flexibility index (Phi) is 11.2. The van der Waals surface area contributed by atoms with E-state index in [2.05, 4.69) is 22.5 Å². The topological polar surface area (TPSA) is 92.6 Å². The van der Waals surface area contributed by atoms with Crippen molar-refractivity contribution in [1.29, 1.82) is 0 Å². The first-order valence-corrected chi connectivity index (χ1v) is 9.12. The van der Waals surface area contributed by atoms with Crippen LogP contribution >= 0.6 is 24.0 Å². The molecule has 0 unspecified atom stereocenters. The molecule has 0 spiro atoms. The van der Waals surface area contributed by atoms with Crippen LogP contribution in [0.4, 0.5) is 0 Å². The number of rotatable bonds is 10. The molecule has 0 saturated carbocycles. The zero-order valence-corrected chi connectivity index (χ0v) is 18.1. The summed E-state index contributed by atoms with van der Waals surface area (Å²) in [5.41, 5.74) is 7.41. The van der Waals surface area contributed by atoms with Crippen LogP contribution in [0.25, 0.3) is 0 Å². The van der Waals surface area contributed by atoms with E-state index in [1.807, 2.05) is 24.3 Å². The zero-order chi connectivity index (χ0) is 18.6. The molecule has 0 aliphatic heterocycles. The molecule has 0 radical (unpaired) electrons. The van der Waals surface area contributed by atoms with Gasteiger partial charge in [-0.3, -0.25) is 4.79 Å². The predicted octanol–water partition coefficient (Wildman–Crippen LogP) is 3.81. The van der Waals surface area contributed by atoms with Gasteiger partial charge in [-0.1, -0.05) is 38.3 Å². The van der Waals surface area contributed by atoms with E-state index in [0.29, 0.717) is 24.6 Å². The molecule has 0 aliphatic carbocycles. The van der Waals surface area contributed by atoms with Gasteiger partial charge in [-0.25, -0.2) is 4.99 Å². The second-order valence-corrected chi connectivity index (χ2v) is 6.15. The number of nitrogens with two attached hydrogens (primary N) is 1. The molecule has 0 aliphatic rings. The van der Waals surface area contributed by atoms with Gasteiger partial charge in [-0.2, -0.15) is 0 Å². The van der Waals surface area contributed by atoms with Crippen LogP contribution in [0.1, 0.15) is 54.3 Å². The molecule has 0 bridgehead atoms. The highest BCUT2D eigenvalue weighted by Crippen LogP contribution is 2.08. The highest BCUT2D eigenvalue weighted by Gasteiger charge is 2.07. The van der Waals surface area contributed by atoms with E-state index in [0.717, 1.165) is 24.3 Å². The lowest BCUT2D eigenvalue weighted by Gasteiger charge is -2.07. The largest absolute Gasteiger partial charge is 0.467 e. The van der Waals surface area contributed by atoms with Crippen molar-refractivity contribution in [2.24, 2.45) is 10.7 Å². The maximum Gasteiger partial charge on any atom is 0.251 e. The first-order valence-electron chi connectivity index (χ1n) is 9.12. The van der Waals surface area contributed by atoms with Crippen molar-refractivity contribution < 1.29 is 9.21 Å². The Morgan fingerprint density at radius 1 is 1.15 bits per heavy atom. The van der Waals surface area contributed by atoms with Crippen molar-refractivity contribution in [3.63, 3.8) is 0 Å². The summed E-state index contributed by atoms with van der Waals surface area (Å²) in [6.07, 6.45) is 6.34. The van der Waals surface area contributed by atoms with Crippen LogP contribution in [0.5, 0.6) is 0 Å². The first kappa shape index (κ1) is 23.0. The van der Waals surface area contributed by atoms with Gasteiger partial charge in [0.15, 0.2) is 5.96 Å². The number of hydrogen-bond donors (Lipinski definition) is 3. The fourth-order valence-corrected chi connectivity index (χ4v) is 2.49. The number of nitrogens with one attached hydrogen (secondary N) is 2. The van der Waals surface area contributed by atoms with Gasteiger partial charge in [0.25, 0.3) is 5.91 Å². The monoisotopic (exact) mass is 484 g/mol. The summed E-state index contributed by atoms with van der Waals surface area (Å²) in [7, 11) is 0. The molecule has 7 heteroatoms. The third-order valence-electron chi connectivity index (χ3n) is 3.96. The number of carbonyl (C=O) groups excluding carboxylic acids is 1. The van der Waals surface area contributed by atoms with Crippen LogP contribution in [0.15, 0.2) is 52.1 Å². The fraction of sp³-hybridized carbons (Fsp3) is 0.400. The quantitative estimate of drug-likeness (QED) is 0.207. The van der Waals surface area contributed by atoms with Crippen molar-refractivity contribution in [3.05, 3.63) is 59.5 Å². The van der Waals surface area contributed by atoms with E-state index in [1.165, 1.54) is 19.3 Å². The Morgan fingerprint density at radius 2 is 2.00 bits per heavy atom. The van der Waals surface area contributed by atoms with Gasteiger partial charge >= 0.3 is 0 Å². The lowest BCUT2D eigenvalue weighted by molar-refractivity contribution is 0.0948. The van der Waals surface area contributed by atoms with E-state index in [1.54, 1.807) is 18.4 Å². The van der Waals surface area contributed by atoms with Crippen molar-refractivity contribution in [2.45, 2.75) is 45.7 Å². The average molecular weight is 484 g/mol. The molecule has 4 N–H and O–H groups in total. The zero-order valence-electron chi connectivity index (χ0n) is 15.7. The second-order valence-electron chi connectivity index (χ2n) is 6.15. The van der Waals surface area contributed by atoms with Gasteiger partial charge in [0.2, 0.25) is 0 Å². The van der Waals surface area contributed by atoms with Crippen molar-refractivity contribution >= 4 is 35.8 Å². The molecular weight excluding hydrogens is 455 g/mol. The van der Waals surface area contributed by atoms with E-state index in [4.69, 9.17) is 10.2 Å². The summed E-state index contributed by atoms with van der Waals surface area (Å²) < 4.78 is 5.21. The maximum atomic E-state index is 12.2. The number of amides is 1. The molecule has 1 heterocycles. The number of guanidine groups is 1. The lowest BCUT2D eigenvalue weighted by atomic mass is 10.1. The SMILES string of the molecule is CCCCCCNC(N)=NCc1cccc(C(=O)NCc2ccco2)c1.I. The van der Waals surface area contributed by atoms with Gasteiger partial charge in [0, 0.05) is 12.1 Å². The van der Waals surface area contributed by atoms with Crippen LogP contribution in [-0.4, -0.2) is 18.4 Å². The number of carbonyl (C=O) groups is 1. The highest BCUT2D eigenvalue weighted by atomic mass is 127. The van der Waals surface area contributed by atoms with E-state index >= 15 is 0 Å². The molecule has 148 valence electrons. The van der Waals surface area contributed by atoms with Crippen LogP contribution in [0.2, 0.25) is 0 Å². The number of unbranched alkanes of at least 4 members (excludes halogenated alkanes) is 3. The third kappa shape index (κ3) is 8.94.